The van der Waals surface area contributed by atoms with Crippen LogP contribution in [0.4, 0.5) is 10.5 Å². The van der Waals surface area contributed by atoms with Crippen molar-refractivity contribution in [2.45, 2.75) is 38.3 Å². The van der Waals surface area contributed by atoms with E-state index in [4.69, 9.17) is 16.3 Å². The number of carbonyl (C=O) groups excluding carboxylic acids is 1. The van der Waals surface area contributed by atoms with Crippen LogP contribution < -0.4 is 15.4 Å². The van der Waals surface area contributed by atoms with E-state index in [-0.39, 0.29) is 30.2 Å². The van der Waals surface area contributed by atoms with Crippen molar-refractivity contribution in [3.8, 4) is 22.8 Å². The number of rotatable bonds is 9. The van der Waals surface area contributed by atoms with E-state index >= 15 is 0 Å². The van der Waals surface area contributed by atoms with Crippen molar-refractivity contribution in [3.05, 3.63) is 60.0 Å². The van der Waals surface area contributed by atoms with Gasteiger partial charge in [0.05, 0.1) is 24.0 Å². The molecule has 3 N–H and O–H groups in total. The van der Waals surface area contributed by atoms with Crippen LogP contribution in [0.1, 0.15) is 25.7 Å². The Morgan fingerprint density at radius 1 is 1.16 bits per heavy atom. The number of carbonyl (C=O) groups is 1. The topological polar surface area (TPSA) is 123 Å². The summed E-state index contributed by atoms with van der Waals surface area (Å²) >= 11 is 6.12. The van der Waals surface area contributed by atoms with Crippen molar-refractivity contribution >= 4 is 33.2 Å². The molecule has 1 saturated carbocycles. The monoisotopic (exact) mass is 546 g/mol. The minimum Gasteiger partial charge on any atom is -0.507 e. The normalized spacial score (nSPS) is 17.8. The van der Waals surface area contributed by atoms with Gasteiger partial charge in [-0.15, -0.1) is 0 Å². The first-order valence-corrected chi connectivity index (χ1v) is 14.6. The highest BCUT2D eigenvalue weighted by Gasteiger charge is 2.24. The lowest BCUT2D eigenvalue weighted by Crippen LogP contribution is -2.40. The first-order chi connectivity index (χ1) is 17.7. The number of urea groups is 1. The van der Waals surface area contributed by atoms with Crippen LogP contribution in [0.15, 0.2) is 55.0 Å². The molecule has 0 aliphatic heterocycles. The van der Waals surface area contributed by atoms with Crippen LogP contribution in [0.5, 0.6) is 11.5 Å². The van der Waals surface area contributed by atoms with Crippen molar-refractivity contribution in [2.75, 3.05) is 23.9 Å². The fourth-order valence-corrected chi connectivity index (χ4v) is 5.03. The van der Waals surface area contributed by atoms with E-state index in [0.29, 0.717) is 27.9 Å². The van der Waals surface area contributed by atoms with Gasteiger partial charge in [0.1, 0.15) is 18.1 Å². The predicted octanol–water partition coefficient (Wildman–Crippen LogP) is 4.71. The average Bonchev–Trinajstić information content (AvgIpc) is 3.30. The molecule has 37 heavy (non-hydrogen) atoms. The van der Waals surface area contributed by atoms with Crippen molar-refractivity contribution in [1.82, 2.24) is 14.9 Å². The molecular weight excluding hydrogens is 516 g/mol. The molecule has 1 aliphatic carbocycles. The van der Waals surface area contributed by atoms with Gasteiger partial charge < -0.3 is 25.0 Å². The van der Waals surface area contributed by atoms with Crippen molar-refractivity contribution in [3.63, 3.8) is 0 Å². The smallest absolute Gasteiger partial charge is 0.319 e. The Labute approximate surface area is 221 Å². The molecule has 0 radical (unpaired) electrons. The molecule has 0 spiro atoms. The molecule has 0 bridgehead atoms. The third-order valence-electron chi connectivity index (χ3n) is 6.42. The summed E-state index contributed by atoms with van der Waals surface area (Å²) in [5.74, 6) is 1.09. The van der Waals surface area contributed by atoms with E-state index in [1.807, 2.05) is 4.57 Å². The van der Waals surface area contributed by atoms with Crippen LogP contribution in [0.3, 0.4) is 0 Å². The lowest BCUT2D eigenvalue weighted by molar-refractivity contribution is 0.234. The summed E-state index contributed by atoms with van der Waals surface area (Å²) in [4.78, 5) is 16.7. The van der Waals surface area contributed by atoms with Crippen LogP contribution in [0.2, 0.25) is 5.02 Å². The zero-order valence-corrected chi connectivity index (χ0v) is 22.1. The molecule has 0 saturated heterocycles. The van der Waals surface area contributed by atoms with Gasteiger partial charge in [-0.05, 0) is 74.1 Å². The number of imidazole rings is 1. The minimum absolute atomic E-state index is 0.0490. The number of halogens is 1. The highest BCUT2D eigenvalue weighted by atomic mass is 35.5. The van der Waals surface area contributed by atoms with Gasteiger partial charge in [0, 0.05) is 35.1 Å². The summed E-state index contributed by atoms with van der Waals surface area (Å²) in [7, 11) is -3.07. The van der Waals surface area contributed by atoms with Crippen molar-refractivity contribution in [1.29, 1.82) is 0 Å². The average molecular weight is 547 g/mol. The molecule has 2 aromatic carbocycles. The van der Waals surface area contributed by atoms with E-state index in [1.165, 1.54) is 6.26 Å². The number of phenols is 1. The number of aromatic hydroxyl groups is 1. The molecule has 1 fully saturated rings. The van der Waals surface area contributed by atoms with Gasteiger partial charge in [0.2, 0.25) is 0 Å². The Bertz CT molecular complexity index is 1320. The summed E-state index contributed by atoms with van der Waals surface area (Å²) in [5.41, 5.74) is 2.11. The van der Waals surface area contributed by atoms with E-state index < -0.39 is 9.84 Å². The lowest BCUT2D eigenvalue weighted by Gasteiger charge is -2.29. The van der Waals surface area contributed by atoms with Crippen molar-refractivity contribution in [2.24, 2.45) is 5.92 Å². The van der Waals surface area contributed by atoms with Gasteiger partial charge in [0.25, 0.3) is 0 Å². The van der Waals surface area contributed by atoms with E-state index in [0.717, 1.165) is 37.9 Å². The zero-order chi connectivity index (χ0) is 26.4. The number of aromatic nitrogens is 2. The first-order valence-electron chi connectivity index (χ1n) is 12.1. The molecule has 2 amide bonds. The van der Waals surface area contributed by atoms with Gasteiger partial charge in [-0.25, -0.2) is 18.2 Å². The molecule has 1 aromatic heterocycles. The number of ether oxygens (including phenoxy) is 1. The summed E-state index contributed by atoms with van der Waals surface area (Å²) < 4.78 is 29.8. The highest BCUT2D eigenvalue weighted by Crippen LogP contribution is 2.33. The zero-order valence-electron chi connectivity index (χ0n) is 20.6. The van der Waals surface area contributed by atoms with Gasteiger partial charge in [-0.2, -0.15) is 0 Å². The molecule has 1 heterocycles. The maximum atomic E-state index is 12.5. The summed E-state index contributed by atoms with van der Waals surface area (Å²) in [6, 6.07) is 11.6. The number of benzene rings is 2. The van der Waals surface area contributed by atoms with Crippen LogP contribution >= 0.6 is 11.6 Å². The first kappa shape index (κ1) is 26.8. The van der Waals surface area contributed by atoms with E-state index in [2.05, 4.69) is 15.6 Å². The molecule has 0 unspecified atom stereocenters. The number of anilines is 1. The van der Waals surface area contributed by atoms with Gasteiger partial charge >= 0.3 is 6.03 Å². The SMILES string of the molecule is CS(=O)(=O)CCOc1ccc(NC(=O)N[C@H]2CC[C@@H](Cn3cncc3-c3cc(Cl)ccc3O)CC2)cc1. The number of nitrogens with zero attached hydrogens (tertiary/aromatic N) is 2. The fraction of sp³-hybridized carbons (Fsp3) is 0.385. The number of hydrogen-bond acceptors (Lipinski definition) is 6. The summed E-state index contributed by atoms with van der Waals surface area (Å²) in [5, 5.41) is 16.7. The molecular formula is C26H31ClN4O5S. The quantitative estimate of drug-likeness (QED) is 0.357. The Balaban J connectivity index is 1.22. The van der Waals surface area contributed by atoms with Gasteiger partial charge in [-0.1, -0.05) is 11.6 Å². The lowest BCUT2D eigenvalue weighted by atomic mass is 9.86. The number of hydrogen-bond donors (Lipinski definition) is 3. The molecule has 0 atom stereocenters. The third-order valence-corrected chi connectivity index (χ3v) is 7.56. The minimum atomic E-state index is -3.07. The molecule has 11 heteroatoms. The van der Waals surface area contributed by atoms with E-state index in [1.54, 1.807) is 55.0 Å². The van der Waals surface area contributed by atoms with Crippen LogP contribution in [-0.4, -0.2) is 53.8 Å². The largest absolute Gasteiger partial charge is 0.507 e. The summed E-state index contributed by atoms with van der Waals surface area (Å²) in [6.45, 7) is 0.860. The molecule has 9 nitrogen and oxygen atoms in total. The summed E-state index contributed by atoms with van der Waals surface area (Å²) in [6.07, 6.45) is 8.34. The van der Waals surface area contributed by atoms with Crippen LogP contribution in [0.25, 0.3) is 11.3 Å². The van der Waals surface area contributed by atoms with Gasteiger partial charge in [-0.3, -0.25) is 0 Å². The second kappa shape index (κ2) is 11.9. The van der Waals surface area contributed by atoms with E-state index in [9.17, 15) is 18.3 Å². The Morgan fingerprint density at radius 2 is 1.89 bits per heavy atom. The Morgan fingerprint density at radius 3 is 2.59 bits per heavy atom. The Kier molecular flexibility index (Phi) is 8.60. The van der Waals surface area contributed by atoms with Crippen LogP contribution in [0, 0.1) is 5.92 Å². The fourth-order valence-electron chi connectivity index (χ4n) is 4.47. The highest BCUT2D eigenvalue weighted by molar-refractivity contribution is 7.90. The van der Waals surface area contributed by atoms with Crippen LogP contribution in [-0.2, 0) is 16.4 Å². The van der Waals surface area contributed by atoms with Gasteiger partial charge in [0.15, 0.2) is 9.84 Å². The second-order valence-corrected chi connectivity index (χ2v) is 12.1. The predicted molar refractivity (Wildman–Crippen MR) is 144 cm³/mol. The molecule has 198 valence electrons. The number of phenolic OH excluding ortho intramolecular Hbond substituents is 1. The standard InChI is InChI=1S/C26H31ClN4O5S/c1-37(34,35)13-12-36-22-9-7-21(8-10-22)30-26(33)29-20-5-2-18(3-6-20)16-31-17-28-15-24(31)23-14-19(27)4-11-25(23)32/h4,7-11,14-15,17-18,20,32H,2-3,5-6,12-13,16H2,1H3,(H2,29,30,33)/t18-,20+. The maximum absolute atomic E-state index is 12.5. The number of nitrogens with one attached hydrogen (secondary N) is 2. The molecule has 1 aliphatic rings. The maximum Gasteiger partial charge on any atom is 0.319 e. The number of sulfone groups is 1. The molecule has 4 rings (SSSR count). The Hall–Kier alpha value is -3.24. The molecule has 3 aromatic rings. The second-order valence-electron chi connectivity index (χ2n) is 9.41. The third kappa shape index (κ3) is 7.87. The number of amides is 2. The van der Waals surface area contributed by atoms with Crippen molar-refractivity contribution < 1.29 is 23.1 Å².